The van der Waals surface area contributed by atoms with Crippen LogP contribution in [-0.4, -0.2) is 58.7 Å². The van der Waals surface area contributed by atoms with Gasteiger partial charge >= 0.3 is 0 Å². The van der Waals surface area contributed by atoms with Crippen LogP contribution in [0.15, 0.2) is 29.2 Å². The number of hydrogen-bond acceptors (Lipinski definition) is 5. The van der Waals surface area contributed by atoms with Crippen LogP contribution in [0.4, 0.5) is 0 Å². The van der Waals surface area contributed by atoms with E-state index >= 15 is 0 Å². The Morgan fingerprint density at radius 3 is 2.06 bits per heavy atom. The summed E-state index contributed by atoms with van der Waals surface area (Å²) in [6.45, 7) is 5.13. The lowest BCUT2D eigenvalue weighted by Crippen LogP contribution is -2.55. The van der Waals surface area contributed by atoms with E-state index in [1.54, 1.807) is 35.7 Å². The number of nitrogens with one attached hydrogen (secondary N) is 1. The summed E-state index contributed by atoms with van der Waals surface area (Å²) in [5.41, 5.74) is 0. The lowest BCUT2D eigenvalue weighted by Gasteiger charge is -2.35. The van der Waals surface area contributed by atoms with Crippen LogP contribution >= 0.6 is 0 Å². The lowest BCUT2D eigenvalue weighted by molar-refractivity contribution is 0.0773. The van der Waals surface area contributed by atoms with Gasteiger partial charge in [-0.05, 0) is 30.7 Å². The van der Waals surface area contributed by atoms with E-state index in [-0.39, 0.29) is 6.04 Å². The van der Waals surface area contributed by atoms with Crippen molar-refractivity contribution in [1.82, 2.24) is 9.62 Å². The zero-order valence-electron chi connectivity index (χ0n) is 20.9. The molecule has 1 fully saturated rings. The lowest BCUT2D eigenvalue weighted by atomic mass is 10.1. The molecule has 0 radical (unpaired) electrons. The molecular formula is C26H46N2O4S. The molecule has 1 saturated heterocycles. The van der Waals surface area contributed by atoms with Crippen LogP contribution in [0.3, 0.4) is 0 Å². The predicted octanol–water partition coefficient (Wildman–Crippen LogP) is 5.38. The van der Waals surface area contributed by atoms with Crippen LogP contribution in [0.5, 0.6) is 5.75 Å². The van der Waals surface area contributed by atoms with Gasteiger partial charge in [-0.3, -0.25) is 0 Å². The van der Waals surface area contributed by atoms with Crippen LogP contribution in [0.2, 0.25) is 0 Å². The van der Waals surface area contributed by atoms with E-state index in [0.717, 1.165) is 6.42 Å². The molecule has 7 heteroatoms. The van der Waals surface area contributed by atoms with Crippen LogP contribution < -0.4 is 10.1 Å². The maximum Gasteiger partial charge on any atom is 0.243 e. The number of benzene rings is 1. The van der Waals surface area contributed by atoms with E-state index in [1.165, 1.54) is 70.6 Å². The van der Waals surface area contributed by atoms with Gasteiger partial charge in [0.2, 0.25) is 10.0 Å². The van der Waals surface area contributed by atoms with Crippen LogP contribution in [-0.2, 0) is 14.8 Å². The molecule has 1 N–H and O–H groups in total. The van der Waals surface area contributed by atoms with Gasteiger partial charge in [0.15, 0.2) is 0 Å². The number of piperazine rings is 1. The van der Waals surface area contributed by atoms with Gasteiger partial charge in [0.1, 0.15) is 5.75 Å². The third-order valence-corrected chi connectivity index (χ3v) is 8.38. The molecule has 190 valence electrons. The average Bonchev–Trinajstić information content (AvgIpc) is 2.84. The number of sulfonamides is 1. The molecule has 1 heterocycles. The summed E-state index contributed by atoms with van der Waals surface area (Å²) in [4.78, 5) is 0.302. The summed E-state index contributed by atoms with van der Waals surface area (Å²) in [5.74, 6) is 0.650. The van der Waals surface area contributed by atoms with Crippen LogP contribution in [0.1, 0.15) is 84.0 Å². The smallest absolute Gasteiger partial charge is 0.243 e. The van der Waals surface area contributed by atoms with Gasteiger partial charge in [0.25, 0.3) is 0 Å². The molecule has 1 aromatic carbocycles. The molecule has 0 bridgehead atoms. The maximum atomic E-state index is 13.1. The van der Waals surface area contributed by atoms with Crippen molar-refractivity contribution in [3.8, 4) is 5.75 Å². The predicted molar refractivity (Wildman–Crippen MR) is 135 cm³/mol. The summed E-state index contributed by atoms with van der Waals surface area (Å²) >= 11 is 0. The number of unbranched alkanes of at least 4 members (excludes halogenated alkanes) is 11. The Labute approximate surface area is 202 Å². The molecule has 1 atom stereocenters. The van der Waals surface area contributed by atoms with Crippen molar-refractivity contribution in [2.24, 2.45) is 0 Å². The largest absolute Gasteiger partial charge is 0.497 e. The SMILES string of the molecule is CCCCCCCCCCCCCCOC[C@H]1CNCCN1S(=O)(=O)c1ccc(OC)cc1. The van der Waals surface area contributed by atoms with Crippen molar-refractivity contribution in [2.45, 2.75) is 94.9 Å². The minimum Gasteiger partial charge on any atom is -0.497 e. The van der Waals surface area contributed by atoms with Crippen molar-refractivity contribution < 1.29 is 17.9 Å². The summed E-state index contributed by atoms with van der Waals surface area (Å²) in [6.07, 6.45) is 15.8. The van der Waals surface area contributed by atoms with Gasteiger partial charge in [-0.15, -0.1) is 0 Å². The number of nitrogens with zero attached hydrogens (tertiary/aromatic N) is 1. The molecule has 0 aliphatic carbocycles. The first kappa shape index (κ1) is 28.1. The van der Waals surface area contributed by atoms with Crippen LogP contribution in [0.25, 0.3) is 0 Å². The number of ether oxygens (including phenoxy) is 2. The van der Waals surface area contributed by atoms with Crippen molar-refractivity contribution in [3.05, 3.63) is 24.3 Å². The molecule has 2 rings (SSSR count). The molecule has 0 unspecified atom stereocenters. The van der Waals surface area contributed by atoms with E-state index < -0.39 is 10.0 Å². The third kappa shape index (κ3) is 10.3. The number of methoxy groups -OCH3 is 1. The van der Waals surface area contributed by atoms with Gasteiger partial charge in [0, 0.05) is 26.2 Å². The molecule has 0 aromatic heterocycles. The highest BCUT2D eigenvalue weighted by molar-refractivity contribution is 7.89. The van der Waals surface area contributed by atoms with Gasteiger partial charge in [-0.1, -0.05) is 77.6 Å². The Morgan fingerprint density at radius 2 is 1.48 bits per heavy atom. The van der Waals surface area contributed by atoms with Crippen molar-refractivity contribution >= 4 is 10.0 Å². The van der Waals surface area contributed by atoms with Crippen molar-refractivity contribution in [2.75, 3.05) is 40.0 Å². The van der Waals surface area contributed by atoms with E-state index in [4.69, 9.17) is 9.47 Å². The highest BCUT2D eigenvalue weighted by Gasteiger charge is 2.33. The Kier molecular flexibility index (Phi) is 14.0. The minimum absolute atomic E-state index is 0.178. The molecule has 0 amide bonds. The van der Waals surface area contributed by atoms with Crippen molar-refractivity contribution in [1.29, 1.82) is 0 Å². The molecule has 0 saturated carbocycles. The van der Waals surface area contributed by atoms with Crippen molar-refractivity contribution in [3.63, 3.8) is 0 Å². The molecular weight excluding hydrogens is 436 g/mol. The highest BCUT2D eigenvalue weighted by atomic mass is 32.2. The van der Waals surface area contributed by atoms with Crippen LogP contribution in [0, 0.1) is 0 Å². The first-order valence-corrected chi connectivity index (χ1v) is 14.5. The second-order valence-corrected chi connectivity index (χ2v) is 11.0. The number of hydrogen-bond donors (Lipinski definition) is 1. The topological polar surface area (TPSA) is 67.9 Å². The Morgan fingerprint density at radius 1 is 0.909 bits per heavy atom. The van der Waals surface area contributed by atoms with Gasteiger partial charge < -0.3 is 14.8 Å². The highest BCUT2D eigenvalue weighted by Crippen LogP contribution is 2.22. The third-order valence-electron chi connectivity index (χ3n) is 6.41. The Bertz CT molecular complexity index is 724. The normalized spacial score (nSPS) is 17.3. The molecule has 33 heavy (non-hydrogen) atoms. The monoisotopic (exact) mass is 482 g/mol. The first-order chi connectivity index (χ1) is 16.1. The molecule has 0 spiro atoms. The molecule has 6 nitrogen and oxygen atoms in total. The average molecular weight is 483 g/mol. The maximum absolute atomic E-state index is 13.1. The summed E-state index contributed by atoms with van der Waals surface area (Å²) in [5, 5.41) is 3.30. The minimum atomic E-state index is -3.55. The second kappa shape index (κ2) is 16.5. The van der Waals surface area contributed by atoms with E-state index in [0.29, 0.717) is 43.5 Å². The summed E-state index contributed by atoms with van der Waals surface area (Å²) in [6, 6.07) is 6.42. The zero-order chi connectivity index (χ0) is 23.8. The summed E-state index contributed by atoms with van der Waals surface area (Å²) in [7, 11) is -1.97. The van der Waals surface area contributed by atoms with E-state index in [9.17, 15) is 8.42 Å². The fraction of sp³-hybridized carbons (Fsp3) is 0.769. The quantitative estimate of drug-likeness (QED) is 0.285. The van der Waals surface area contributed by atoms with Gasteiger partial charge in [0.05, 0.1) is 24.7 Å². The Hall–Kier alpha value is -1.15. The fourth-order valence-corrected chi connectivity index (χ4v) is 5.96. The standard InChI is InChI=1S/C26H46N2O4S/c1-3-4-5-6-7-8-9-10-11-12-13-14-21-32-23-24-22-27-19-20-28(24)33(29,30)26-17-15-25(31-2)16-18-26/h15-18,24,27H,3-14,19-23H2,1-2H3/t24-/m1/s1. The van der Waals surface area contributed by atoms with E-state index in [1.807, 2.05) is 0 Å². The van der Waals surface area contributed by atoms with Gasteiger partial charge in [-0.25, -0.2) is 8.42 Å². The van der Waals surface area contributed by atoms with Gasteiger partial charge in [-0.2, -0.15) is 4.31 Å². The number of rotatable bonds is 18. The second-order valence-electron chi connectivity index (χ2n) is 9.11. The molecule has 1 aromatic rings. The first-order valence-electron chi connectivity index (χ1n) is 13.0. The summed E-state index contributed by atoms with van der Waals surface area (Å²) < 4.78 is 38.9. The Balaban J connectivity index is 1.59. The zero-order valence-corrected chi connectivity index (χ0v) is 21.7. The molecule has 1 aliphatic heterocycles. The fourth-order valence-electron chi connectivity index (χ4n) is 4.35. The molecule has 1 aliphatic rings. The van der Waals surface area contributed by atoms with E-state index in [2.05, 4.69) is 12.2 Å².